The van der Waals surface area contributed by atoms with E-state index < -0.39 is 5.41 Å². The molecular formula is C15H26N2OS2. The Morgan fingerprint density at radius 3 is 2.35 bits per heavy atom. The molecule has 0 aromatic heterocycles. The highest BCUT2D eigenvalue weighted by Crippen LogP contribution is 2.39. The van der Waals surface area contributed by atoms with Crippen molar-refractivity contribution in [1.29, 1.82) is 0 Å². The van der Waals surface area contributed by atoms with Gasteiger partial charge in [0.2, 0.25) is 5.91 Å². The predicted molar refractivity (Wildman–Crippen MR) is 90.0 cm³/mol. The Balaban J connectivity index is 2.01. The molecule has 1 saturated heterocycles. The maximum Gasteiger partial charge on any atom is 0.233 e. The number of thiocarbonyl (C=S) groups is 1. The summed E-state index contributed by atoms with van der Waals surface area (Å²) in [7, 11) is 0. The predicted octanol–water partition coefficient (Wildman–Crippen LogP) is 3.02. The molecule has 1 saturated carbocycles. The molecule has 0 aromatic carbocycles. The summed E-state index contributed by atoms with van der Waals surface area (Å²) in [6.07, 6.45) is 8.54. The lowest BCUT2D eigenvalue weighted by atomic mass is 9.79. The third-order valence-corrected chi connectivity index (χ3v) is 6.72. The van der Waals surface area contributed by atoms with Gasteiger partial charge in [0.15, 0.2) is 0 Å². The standard InChI is InChI=1S/C15H26N2OS2/c1-14(7-6-10-20-14)11-17-13(18)15(12(16)19)8-4-2-3-5-9-15/h2-11H2,1H3,(H2,16,19)(H,17,18). The molecule has 2 rings (SSSR count). The third-order valence-electron chi connectivity index (χ3n) is 4.79. The number of nitrogens with one attached hydrogen (secondary N) is 1. The van der Waals surface area contributed by atoms with Crippen LogP contribution in [0.25, 0.3) is 0 Å². The number of nitrogens with two attached hydrogens (primary N) is 1. The molecule has 114 valence electrons. The van der Waals surface area contributed by atoms with Gasteiger partial charge in [-0.25, -0.2) is 0 Å². The lowest BCUT2D eigenvalue weighted by molar-refractivity contribution is -0.128. The minimum Gasteiger partial charge on any atom is -0.392 e. The Morgan fingerprint density at radius 2 is 1.85 bits per heavy atom. The zero-order valence-electron chi connectivity index (χ0n) is 12.4. The van der Waals surface area contributed by atoms with E-state index >= 15 is 0 Å². The van der Waals surface area contributed by atoms with E-state index in [-0.39, 0.29) is 10.7 Å². The summed E-state index contributed by atoms with van der Waals surface area (Å²) in [4.78, 5) is 13.1. The summed E-state index contributed by atoms with van der Waals surface area (Å²) in [5, 5.41) is 3.16. The molecule has 1 amide bonds. The first kappa shape index (κ1) is 16.1. The van der Waals surface area contributed by atoms with Gasteiger partial charge in [-0.3, -0.25) is 4.79 Å². The van der Waals surface area contributed by atoms with Crippen LogP contribution in [0.3, 0.4) is 0 Å². The van der Waals surface area contributed by atoms with Gasteiger partial charge in [-0.15, -0.1) is 0 Å². The minimum absolute atomic E-state index is 0.0700. The number of amides is 1. The van der Waals surface area contributed by atoms with Crippen LogP contribution in [-0.2, 0) is 4.79 Å². The molecule has 0 radical (unpaired) electrons. The van der Waals surface area contributed by atoms with Crippen molar-refractivity contribution >= 4 is 34.9 Å². The second kappa shape index (κ2) is 6.65. The monoisotopic (exact) mass is 314 g/mol. The topological polar surface area (TPSA) is 55.1 Å². The molecule has 1 atom stereocenters. The highest BCUT2D eigenvalue weighted by molar-refractivity contribution is 8.00. The average molecular weight is 315 g/mol. The van der Waals surface area contributed by atoms with E-state index in [1.807, 2.05) is 11.8 Å². The van der Waals surface area contributed by atoms with E-state index in [1.165, 1.54) is 31.4 Å². The number of hydrogen-bond donors (Lipinski definition) is 2. The fourth-order valence-corrected chi connectivity index (χ4v) is 4.87. The SMILES string of the molecule is CC1(CNC(=O)C2(C(N)=S)CCCCCC2)CCCS1. The molecule has 2 aliphatic rings. The first-order chi connectivity index (χ1) is 9.49. The number of carbonyl (C=O) groups is 1. The van der Waals surface area contributed by atoms with Crippen molar-refractivity contribution in [2.45, 2.75) is 63.0 Å². The number of hydrogen-bond acceptors (Lipinski definition) is 3. The molecule has 3 nitrogen and oxygen atoms in total. The van der Waals surface area contributed by atoms with Crippen molar-refractivity contribution in [3.8, 4) is 0 Å². The van der Waals surface area contributed by atoms with Crippen LogP contribution in [0.15, 0.2) is 0 Å². The fraction of sp³-hybridized carbons (Fsp3) is 0.867. The lowest BCUT2D eigenvalue weighted by Crippen LogP contribution is -2.51. The normalized spacial score (nSPS) is 29.6. The van der Waals surface area contributed by atoms with E-state index in [0.29, 0.717) is 4.99 Å². The largest absolute Gasteiger partial charge is 0.392 e. The zero-order chi connectivity index (χ0) is 14.6. The maximum atomic E-state index is 12.7. The van der Waals surface area contributed by atoms with Crippen molar-refractivity contribution in [2.24, 2.45) is 11.1 Å². The van der Waals surface area contributed by atoms with Crippen molar-refractivity contribution in [3.05, 3.63) is 0 Å². The Labute approximate surface area is 131 Å². The molecule has 20 heavy (non-hydrogen) atoms. The van der Waals surface area contributed by atoms with Crippen LogP contribution < -0.4 is 11.1 Å². The second-order valence-electron chi connectivity index (χ2n) is 6.45. The molecule has 0 spiro atoms. The van der Waals surface area contributed by atoms with E-state index in [2.05, 4.69) is 12.2 Å². The van der Waals surface area contributed by atoms with Gasteiger partial charge in [0, 0.05) is 11.3 Å². The summed E-state index contributed by atoms with van der Waals surface area (Å²) in [5.41, 5.74) is 5.36. The molecule has 0 bridgehead atoms. The van der Waals surface area contributed by atoms with Crippen LogP contribution >= 0.6 is 24.0 Å². The van der Waals surface area contributed by atoms with Crippen molar-refractivity contribution in [3.63, 3.8) is 0 Å². The van der Waals surface area contributed by atoms with Gasteiger partial charge in [-0.05, 0) is 38.4 Å². The summed E-state index contributed by atoms with van der Waals surface area (Å²) in [6.45, 7) is 2.98. The van der Waals surface area contributed by atoms with E-state index in [4.69, 9.17) is 18.0 Å². The minimum atomic E-state index is -0.592. The van der Waals surface area contributed by atoms with Crippen LogP contribution in [0.1, 0.15) is 58.3 Å². The molecule has 2 fully saturated rings. The molecule has 1 aliphatic heterocycles. The average Bonchev–Trinajstić information content (AvgIpc) is 2.70. The fourth-order valence-electron chi connectivity index (χ4n) is 3.33. The summed E-state index contributed by atoms with van der Waals surface area (Å²) in [6, 6.07) is 0. The van der Waals surface area contributed by atoms with Gasteiger partial charge in [0.1, 0.15) is 0 Å². The summed E-state index contributed by atoms with van der Waals surface area (Å²) in [5.74, 6) is 1.27. The first-order valence-corrected chi connectivity index (χ1v) is 9.10. The van der Waals surface area contributed by atoms with Crippen LogP contribution in [0.2, 0.25) is 0 Å². The highest BCUT2D eigenvalue weighted by atomic mass is 32.2. The van der Waals surface area contributed by atoms with Gasteiger partial charge >= 0.3 is 0 Å². The van der Waals surface area contributed by atoms with E-state index in [9.17, 15) is 4.79 Å². The van der Waals surface area contributed by atoms with Gasteiger partial charge < -0.3 is 11.1 Å². The zero-order valence-corrected chi connectivity index (χ0v) is 14.0. The first-order valence-electron chi connectivity index (χ1n) is 7.71. The van der Waals surface area contributed by atoms with Gasteiger partial charge in [-0.1, -0.05) is 37.9 Å². The summed E-state index contributed by atoms with van der Waals surface area (Å²) < 4.78 is 0.192. The molecule has 1 heterocycles. The smallest absolute Gasteiger partial charge is 0.233 e. The lowest BCUT2D eigenvalue weighted by Gasteiger charge is -2.32. The van der Waals surface area contributed by atoms with E-state index in [0.717, 1.165) is 32.2 Å². The van der Waals surface area contributed by atoms with Crippen molar-refractivity contribution < 1.29 is 4.79 Å². The van der Waals surface area contributed by atoms with Crippen LogP contribution in [0.4, 0.5) is 0 Å². The number of rotatable bonds is 4. The molecular weight excluding hydrogens is 288 g/mol. The molecule has 1 unspecified atom stereocenters. The van der Waals surface area contributed by atoms with Gasteiger partial charge in [-0.2, -0.15) is 11.8 Å². The molecule has 0 aromatic rings. The number of carbonyl (C=O) groups excluding carboxylic acids is 1. The summed E-state index contributed by atoms with van der Waals surface area (Å²) >= 11 is 7.22. The Morgan fingerprint density at radius 1 is 1.20 bits per heavy atom. The van der Waals surface area contributed by atoms with Gasteiger partial charge in [0.25, 0.3) is 0 Å². The van der Waals surface area contributed by atoms with Crippen LogP contribution in [0, 0.1) is 5.41 Å². The van der Waals surface area contributed by atoms with Crippen molar-refractivity contribution in [2.75, 3.05) is 12.3 Å². The Hall–Kier alpha value is -0.290. The maximum absolute atomic E-state index is 12.7. The second-order valence-corrected chi connectivity index (χ2v) is 8.57. The number of thioether (sulfide) groups is 1. The quantitative estimate of drug-likeness (QED) is 0.619. The van der Waals surface area contributed by atoms with Crippen molar-refractivity contribution in [1.82, 2.24) is 5.32 Å². The van der Waals surface area contributed by atoms with Crippen LogP contribution in [0.5, 0.6) is 0 Å². The van der Waals surface area contributed by atoms with Gasteiger partial charge in [0.05, 0.1) is 10.4 Å². The molecule has 5 heteroatoms. The Kier molecular flexibility index (Phi) is 5.35. The molecule has 1 aliphatic carbocycles. The third kappa shape index (κ3) is 3.48. The Bertz CT molecular complexity index is 370. The molecule has 3 N–H and O–H groups in total. The highest BCUT2D eigenvalue weighted by Gasteiger charge is 2.42. The van der Waals surface area contributed by atoms with E-state index in [1.54, 1.807) is 0 Å². The van der Waals surface area contributed by atoms with Crippen LogP contribution in [-0.4, -0.2) is 27.9 Å².